The Hall–Kier alpha value is -4.36. The second kappa shape index (κ2) is 16.8. The molecule has 14 heteroatoms. The first-order valence-corrected chi connectivity index (χ1v) is 17.0. The molecule has 1 atom stereocenters. The van der Waals surface area contributed by atoms with E-state index in [2.05, 4.69) is 15.2 Å². The van der Waals surface area contributed by atoms with E-state index in [0.29, 0.717) is 53.4 Å². The zero-order chi connectivity index (χ0) is 34.9. The lowest BCUT2D eigenvalue weighted by Gasteiger charge is -2.35. The van der Waals surface area contributed by atoms with Crippen molar-refractivity contribution in [3.8, 4) is 17.2 Å². The number of nitrogens with zero attached hydrogens (tertiary/aromatic N) is 5. The van der Waals surface area contributed by atoms with Gasteiger partial charge in [-0.1, -0.05) is 11.6 Å². The van der Waals surface area contributed by atoms with Gasteiger partial charge >= 0.3 is 0 Å². The summed E-state index contributed by atoms with van der Waals surface area (Å²) in [5.41, 5.74) is 1.72. The van der Waals surface area contributed by atoms with Gasteiger partial charge in [0.25, 0.3) is 5.91 Å². The number of nitrogens with one attached hydrogen (secondary N) is 1. The lowest BCUT2D eigenvalue weighted by Crippen LogP contribution is -2.43. The van der Waals surface area contributed by atoms with E-state index in [1.807, 2.05) is 19.1 Å². The van der Waals surface area contributed by atoms with E-state index in [1.54, 1.807) is 37.2 Å². The lowest BCUT2D eigenvalue weighted by molar-refractivity contribution is -0.133. The topological polar surface area (TPSA) is 136 Å². The Labute approximate surface area is 291 Å². The van der Waals surface area contributed by atoms with Crippen LogP contribution < -0.4 is 24.4 Å². The Morgan fingerprint density at radius 3 is 2.57 bits per heavy atom. The smallest absolute Gasteiger partial charge is 0.255 e. The third-order valence-electron chi connectivity index (χ3n) is 9.00. The molecule has 1 fully saturated rings. The summed E-state index contributed by atoms with van der Waals surface area (Å²) >= 11 is 6.49. The van der Waals surface area contributed by atoms with Gasteiger partial charge < -0.3 is 39.0 Å². The van der Waals surface area contributed by atoms with E-state index in [1.165, 1.54) is 12.4 Å². The fourth-order valence-corrected chi connectivity index (χ4v) is 6.66. The molecule has 0 aliphatic carbocycles. The number of hydrogen-bond acceptors (Lipinski definition) is 10. The van der Waals surface area contributed by atoms with Crippen LogP contribution in [0.5, 0.6) is 17.2 Å². The van der Waals surface area contributed by atoms with Crippen molar-refractivity contribution in [2.45, 2.75) is 39.2 Å². The first kappa shape index (κ1) is 35.9. The molecule has 3 amide bonds. The summed E-state index contributed by atoms with van der Waals surface area (Å²) in [7, 11) is 4.68. The van der Waals surface area contributed by atoms with Crippen LogP contribution in [0, 0.1) is 5.92 Å². The van der Waals surface area contributed by atoms with Crippen molar-refractivity contribution >= 4 is 46.0 Å². The van der Waals surface area contributed by atoms with Gasteiger partial charge in [-0.2, -0.15) is 0 Å². The molecule has 5 rings (SSSR count). The minimum absolute atomic E-state index is 0.122. The first-order valence-electron chi connectivity index (χ1n) is 16.7. The zero-order valence-corrected chi connectivity index (χ0v) is 29.4. The average molecular weight is 697 g/mol. The molecule has 1 saturated heterocycles. The third kappa shape index (κ3) is 8.45. The van der Waals surface area contributed by atoms with Crippen molar-refractivity contribution in [1.29, 1.82) is 0 Å². The number of pyridine rings is 2. The molecule has 0 saturated carbocycles. The molecule has 4 heterocycles. The van der Waals surface area contributed by atoms with Gasteiger partial charge in [-0.3, -0.25) is 19.4 Å². The number of anilines is 1. The molecule has 49 heavy (non-hydrogen) atoms. The quantitative estimate of drug-likeness (QED) is 0.345. The second-order valence-corrected chi connectivity index (χ2v) is 12.5. The van der Waals surface area contributed by atoms with E-state index >= 15 is 0 Å². The van der Waals surface area contributed by atoms with Crippen molar-refractivity contribution in [2.24, 2.45) is 5.92 Å². The summed E-state index contributed by atoms with van der Waals surface area (Å²) in [6.07, 6.45) is 5.14. The van der Waals surface area contributed by atoms with Gasteiger partial charge in [0.05, 0.1) is 50.5 Å². The standard InChI is InChI=1S/C35H45ClN6O7/c1-5-49-16-10-31(44)40-13-9-30(43)38-19-23-7-6-12-41(21-23)34-24(22-42(15-14-40)35(45)25-8-11-37-20-27(25)36)17-26-28(39-34)18-29(46-2)33(48-4)32(26)47-3/h8,11,17-18,20,23H,5-7,9-10,12-16,19,21-22H2,1-4H3,(H,38,43). The average Bonchev–Trinajstić information content (AvgIpc) is 3.12. The van der Waals surface area contributed by atoms with Crippen LogP contribution in [0.15, 0.2) is 30.6 Å². The van der Waals surface area contributed by atoms with Crippen molar-refractivity contribution < 1.29 is 33.3 Å². The first-order chi connectivity index (χ1) is 23.8. The number of piperidine rings is 1. The number of ether oxygens (including phenoxy) is 4. The van der Waals surface area contributed by atoms with Gasteiger partial charge in [0.15, 0.2) is 11.5 Å². The number of amides is 3. The summed E-state index contributed by atoms with van der Waals surface area (Å²) < 4.78 is 22.6. The van der Waals surface area contributed by atoms with Crippen molar-refractivity contribution in [2.75, 3.05) is 78.7 Å². The monoisotopic (exact) mass is 696 g/mol. The Morgan fingerprint density at radius 2 is 1.84 bits per heavy atom. The SMILES string of the molecule is CCOCCC(=O)N1CCC(=O)NCC2CCCN(C2)c2nc3cc(OC)c(OC)c(OC)c3cc2CN(C(=O)c2ccncc2Cl)CC1. The lowest BCUT2D eigenvalue weighted by atomic mass is 9.97. The molecular formula is C35H45ClN6O7. The number of hydrogen-bond donors (Lipinski definition) is 1. The van der Waals surface area contributed by atoms with Crippen LogP contribution in [0.4, 0.5) is 5.82 Å². The van der Waals surface area contributed by atoms with Crippen LogP contribution in [0.1, 0.15) is 48.5 Å². The molecule has 0 radical (unpaired) electrons. The molecule has 1 aromatic carbocycles. The number of benzene rings is 1. The maximum atomic E-state index is 14.3. The van der Waals surface area contributed by atoms with E-state index in [0.717, 1.165) is 30.8 Å². The minimum atomic E-state index is -0.321. The van der Waals surface area contributed by atoms with Crippen molar-refractivity contribution in [1.82, 2.24) is 25.1 Å². The largest absolute Gasteiger partial charge is 0.493 e. The Bertz CT molecular complexity index is 1660. The Kier molecular flexibility index (Phi) is 12.4. The molecular weight excluding hydrogens is 652 g/mol. The minimum Gasteiger partial charge on any atom is -0.493 e. The van der Waals surface area contributed by atoms with Crippen molar-refractivity contribution in [3.63, 3.8) is 0 Å². The third-order valence-corrected chi connectivity index (χ3v) is 9.30. The number of methoxy groups -OCH3 is 3. The van der Waals surface area contributed by atoms with Crippen molar-refractivity contribution in [3.05, 3.63) is 46.7 Å². The normalized spacial score (nSPS) is 17.4. The Balaban J connectivity index is 1.64. The van der Waals surface area contributed by atoms with E-state index in [9.17, 15) is 14.4 Å². The van der Waals surface area contributed by atoms with E-state index in [-0.39, 0.29) is 74.3 Å². The number of aromatic nitrogens is 2. The predicted octanol–water partition coefficient (Wildman–Crippen LogP) is 3.94. The van der Waals surface area contributed by atoms with Crippen LogP contribution in [0.25, 0.3) is 10.9 Å². The van der Waals surface area contributed by atoms with Crippen LogP contribution in [-0.2, 0) is 20.9 Å². The molecule has 2 bridgehead atoms. The molecule has 2 aromatic heterocycles. The fourth-order valence-electron chi connectivity index (χ4n) is 6.46. The second-order valence-electron chi connectivity index (χ2n) is 12.1. The fraction of sp³-hybridized carbons (Fsp3) is 0.514. The van der Waals surface area contributed by atoms with Gasteiger partial charge in [0, 0.05) is 88.3 Å². The summed E-state index contributed by atoms with van der Waals surface area (Å²) in [5, 5.41) is 4.01. The molecule has 1 N–H and O–H groups in total. The van der Waals surface area contributed by atoms with Crippen LogP contribution >= 0.6 is 11.6 Å². The number of carbonyl (C=O) groups is 3. The highest BCUT2D eigenvalue weighted by Crippen LogP contribution is 2.44. The van der Waals surface area contributed by atoms with E-state index in [4.69, 9.17) is 35.5 Å². The van der Waals surface area contributed by atoms with Gasteiger partial charge in [-0.15, -0.1) is 0 Å². The highest BCUT2D eigenvalue weighted by Gasteiger charge is 2.29. The number of carbonyl (C=O) groups excluding carboxylic acids is 3. The maximum absolute atomic E-state index is 14.3. The van der Waals surface area contributed by atoms with Gasteiger partial charge in [0.2, 0.25) is 17.6 Å². The number of halogens is 1. The summed E-state index contributed by atoms with van der Waals surface area (Å²) in [4.78, 5) is 55.4. The molecule has 0 spiro atoms. The molecule has 3 aromatic rings. The molecule has 1 unspecified atom stereocenters. The molecule has 2 aliphatic rings. The Morgan fingerprint density at radius 1 is 1.04 bits per heavy atom. The zero-order valence-electron chi connectivity index (χ0n) is 28.6. The van der Waals surface area contributed by atoms with Crippen LogP contribution in [0.2, 0.25) is 5.02 Å². The number of fused-ring (bicyclic) bond motifs is 5. The van der Waals surface area contributed by atoms with Crippen LogP contribution in [0.3, 0.4) is 0 Å². The summed E-state index contributed by atoms with van der Waals surface area (Å²) in [6, 6.07) is 5.39. The van der Waals surface area contributed by atoms with Gasteiger partial charge in [-0.25, -0.2) is 4.98 Å². The summed E-state index contributed by atoms with van der Waals surface area (Å²) in [6.45, 7) is 5.32. The maximum Gasteiger partial charge on any atom is 0.255 e. The highest BCUT2D eigenvalue weighted by atomic mass is 35.5. The number of rotatable bonds is 8. The van der Waals surface area contributed by atoms with Crippen LogP contribution in [-0.4, -0.2) is 111 Å². The molecule has 2 aliphatic heterocycles. The molecule has 264 valence electrons. The van der Waals surface area contributed by atoms with Gasteiger partial charge in [-0.05, 0) is 37.8 Å². The predicted molar refractivity (Wildman–Crippen MR) is 186 cm³/mol. The summed E-state index contributed by atoms with van der Waals surface area (Å²) in [5.74, 6) is 1.68. The van der Waals surface area contributed by atoms with Gasteiger partial charge in [0.1, 0.15) is 5.82 Å². The molecule has 13 nitrogen and oxygen atoms in total. The highest BCUT2D eigenvalue weighted by molar-refractivity contribution is 6.33. The van der Waals surface area contributed by atoms with E-state index < -0.39 is 0 Å².